The van der Waals surface area contributed by atoms with Gasteiger partial charge in [0.1, 0.15) is 5.75 Å². The molecule has 5 heteroatoms. The first-order valence-electron chi connectivity index (χ1n) is 8.00. The Morgan fingerprint density at radius 3 is 3.00 bits per heavy atom. The number of unbranched alkanes of at least 4 members (excludes halogenated alkanes) is 1. The van der Waals surface area contributed by atoms with Gasteiger partial charge in [-0.05, 0) is 42.9 Å². The van der Waals surface area contributed by atoms with Crippen LogP contribution in [0.2, 0.25) is 0 Å². The Labute approximate surface area is 138 Å². The summed E-state index contributed by atoms with van der Waals surface area (Å²) in [5.74, 6) is 3.64. The lowest BCUT2D eigenvalue weighted by Crippen LogP contribution is -2.40. The van der Waals surface area contributed by atoms with Crippen molar-refractivity contribution in [1.29, 1.82) is 0 Å². The van der Waals surface area contributed by atoms with Gasteiger partial charge in [-0.1, -0.05) is 18.2 Å². The maximum atomic E-state index is 5.71. The van der Waals surface area contributed by atoms with E-state index < -0.39 is 0 Å². The van der Waals surface area contributed by atoms with E-state index in [9.17, 15) is 0 Å². The number of para-hydroxylation sites is 1. The van der Waals surface area contributed by atoms with Crippen LogP contribution in [0.1, 0.15) is 30.7 Å². The highest BCUT2D eigenvalue weighted by Crippen LogP contribution is 2.32. The topological polar surface area (TPSA) is 45.7 Å². The molecular weight excluding hydrogens is 294 g/mol. The van der Waals surface area contributed by atoms with Crippen LogP contribution in [-0.2, 0) is 0 Å². The minimum Gasteiger partial charge on any atom is -0.493 e. The standard InChI is InChI=1S/C17H27N3OS/c1-18-17(19-10-5-6-12-22-2)20-13-14-9-11-21-16-8-4-3-7-15(14)16/h3-4,7-8,14H,5-6,9-13H2,1-2H3,(H2,18,19,20). The van der Waals surface area contributed by atoms with Crippen LogP contribution in [-0.4, -0.2) is 44.7 Å². The molecule has 0 radical (unpaired) electrons. The van der Waals surface area contributed by atoms with Crippen LogP contribution >= 0.6 is 11.8 Å². The van der Waals surface area contributed by atoms with E-state index in [4.69, 9.17) is 4.74 Å². The molecule has 0 fully saturated rings. The summed E-state index contributed by atoms with van der Waals surface area (Å²) >= 11 is 1.90. The SMILES string of the molecule is CN=C(NCCCCSC)NCC1CCOc2ccccc21. The van der Waals surface area contributed by atoms with Crippen LogP contribution in [0.3, 0.4) is 0 Å². The van der Waals surface area contributed by atoms with E-state index in [1.54, 1.807) is 0 Å². The number of hydrogen-bond acceptors (Lipinski definition) is 3. The van der Waals surface area contributed by atoms with E-state index in [2.05, 4.69) is 40.1 Å². The summed E-state index contributed by atoms with van der Waals surface area (Å²) in [6, 6.07) is 8.34. The summed E-state index contributed by atoms with van der Waals surface area (Å²) in [5.41, 5.74) is 1.30. The van der Waals surface area contributed by atoms with Crippen molar-refractivity contribution >= 4 is 17.7 Å². The molecule has 0 aromatic heterocycles. The third-order valence-electron chi connectivity index (χ3n) is 3.89. The quantitative estimate of drug-likeness (QED) is 0.460. The third-order valence-corrected chi connectivity index (χ3v) is 4.59. The van der Waals surface area contributed by atoms with Gasteiger partial charge in [0.15, 0.2) is 5.96 Å². The van der Waals surface area contributed by atoms with Crippen LogP contribution < -0.4 is 15.4 Å². The molecular formula is C17H27N3OS. The maximum Gasteiger partial charge on any atom is 0.190 e. The van der Waals surface area contributed by atoms with Crippen molar-refractivity contribution in [1.82, 2.24) is 10.6 Å². The first kappa shape index (κ1) is 17.0. The monoisotopic (exact) mass is 321 g/mol. The Morgan fingerprint density at radius 2 is 2.18 bits per heavy atom. The van der Waals surface area contributed by atoms with Gasteiger partial charge in [0, 0.05) is 26.1 Å². The number of nitrogens with zero attached hydrogens (tertiary/aromatic N) is 1. The largest absolute Gasteiger partial charge is 0.493 e. The molecule has 2 N–H and O–H groups in total. The van der Waals surface area contributed by atoms with Gasteiger partial charge in [-0.3, -0.25) is 4.99 Å². The predicted molar refractivity (Wildman–Crippen MR) is 96.3 cm³/mol. The molecule has 1 aromatic carbocycles. The molecule has 2 rings (SSSR count). The lowest BCUT2D eigenvalue weighted by Gasteiger charge is -2.26. The van der Waals surface area contributed by atoms with Crippen LogP contribution in [0.4, 0.5) is 0 Å². The average molecular weight is 321 g/mol. The molecule has 4 nitrogen and oxygen atoms in total. The second kappa shape index (κ2) is 9.62. The number of fused-ring (bicyclic) bond motifs is 1. The number of guanidine groups is 1. The summed E-state index contributed by atoms with van der Waals surface area (Å²) in [4.78, 5) is 4.30. The number of ether oxygens (including phenoxy) is 1. The van der Waals surface area contributed by atoms with Gasteiger partial charge in [0.05, 0.1) is 6.61 Å². The molecule has 22 heavy (non-hydrogen) atoms. The lowest BCUT2D eigenvalue weighted by molar-refractivity contribution is 0.267. The van der Waals surface area contributed by atoms with Crippen molar-refractivity contribution in [2.45, 2.75) is 25.2 Å². The van der Waals surface area contributed by atoms with Crippen LogP contribution in [0.15, 0.2) is 29.3 Å². The van der Waals surface area contributed by atoms with E-state index in [0.29, 0.717) is 5.92 Å². The fourth-order valence-electron chi connectivity index (χ4n) is 2.65. The molecule has 122 valence electrons. The highest BCUT2D eigenvalue weighted by molar-refractivity contribution is 7.98. The molecule has 0 saturated heterocycles. The third kappa shape index (κ3) is 5.13. The predicted octanol–water partition coefficient (Wildman–Crippen LogP) is 2.86. The first-order valence-corrected chi connectivity index (χ1v) is 9.39. The first-order chi connectivity index (χ1) is 10.8. The Hall–Kier alpha value is -1.36. The molecule has 1 aliphatic heterocycles. The van der Waals surface area contributed by atoms with E-state index in [-0.39, 0.29) is 0 Å². The molecule has 1 aromatic rings. The molecule has 0 aliphatic carbocycles. The molecule has 0 bridgehead atoms. The van der Waals surface area contributed by atoms with Crippen LogP contribution in [0.5, 0.6) is 5.75 Å². The van der Waals surface area contributed by atoms with Crippen molar-refractivity contribution in [2.24, 2.45) is 4.99 Å². The van der Waals surface area contributed by atoms with E-state index in [0.717, 1.165) is 37.8 Å². The molecule has 1 unspecified atom stereocenters. The zero-order valence-corrected chi connectivity index (χ0v) is 14.4. The van der Waals surface area contributed by atoms with Crippen molar-refractivity contribution in [3.63, 3.8) is 0 Å². The van der Waals surface area contributed by atoms with Crippen LogP contribution in [0, 0.1) is 0 Å². The Kier molecular flexibility index (Phi) is 7.43. The van der Waals surface area contributed by atoms with Gasteiger partial charge in [-0.2, -0.15) is 11.8 Å². The van der Waals surface area contributed by atoms with Gasteiger partial charge < -0.3 is 15.4 Å². The minimum atomic E-state index is 0.486. The number of nitrogens with one attached hydrogen (secondary N) is 2. The lowest BCUT2D eigenvalue weighted by atomic mass is 9.93. The Balaban J connectivity index is 1.77. The van der Waals surface area contributed by atoms with Crippen molar-refractivity contribution < 1.29 is 4.74 Å². The highest BCUT2D eigenvalue weighted by atomic mass is 32.2. The van der Waals surface area contributed by atoms with Crippen molar-refractivity contribution in [3.8, 4) is 5.75 Å². The number of benzene rings is 1. The van der Waals surface area contributed by atoms with Crippen molar-refractivity contribution in [2.75, 3.05) is 38.8 Å². The van der Waals surface area contributed by atoms with Gasteiger partial charge in [0.2, 0.25) is 0 Å². The molecule has 1 heterocycles. The maximum absolute atomic E-state index is 5.71. The minimum absolute atomic E-state index is 0.486. The molecule has 0 amide bonds. The van der Waals surface area contributed by atoms with E-state index in [1.807, 2.05) is 24.9 Å². The van der Waals surface area contributed by atoms with Gasteiger partial charge in [0.25, 0.3) is 0 Å². The number of aliphatic imine (C=N–C) groups is 1. The van der Waals surface area contributed by atoms with E-state index >= 15 is 0 Å². The fraction of sp³-hybridized carbons (Fsp3) is 0.588. The smallest absolute Gasteiger partial charge is 0.190 e. The van der Waals surface area contributed by atoms with Crippen LogP contribution in [0.25, 0.3) is 0 Å². The van der Waals surface area contributed by atoms with Gasteiger partial charge >= 0.3 is 0 Å². The summed E-state index contributed by atoms with van der Waals surface area (Å²) in [6.45, 7) is 2.67. The second-order valence-corrected chi connectivity index (χ2v) is 6.44. The number of rotatable bonds is 7. The molecule has 1 atom stereocenters. The Bertz CT molecular complexity index is 479. The molecule has 0 spiro atoms. The highest BCUT2D eigenvalue weighted by Gasteiger charge is 2.20. The molecule has 1 aliphatic rings. The zero-order valence-electron chi connectivity index (χ0n) is 13.6. The molecule has 0 saturated carbocycles. The summed E-state index contributed by atoms with van der Waals surface area (Å²) in [5, 5.41) is 6.84. The second-order valence-electron chi connectivity index (χ2n) is 5.45. The fourth-order valence-corrected chi connectivity index (χ4v) is 3.14. The number of hydrogen-bond donors (Lipinski definition) is 2. The normalized spacial score (nSPS) is 17.5. The summed E-state index contributed by atoms with van der Waals surface area (Å²) in [7, 11) is 1.83. The van der Waals surface area contributed by atoms with Crippen molar-refractivity contribution in [3.05, 3.63) is 29.8 Å². The van der Waals surface area contributed by atoms with E-state index in [1.165, 1.54) is 24.2 Å². The zero-order chi connectivity index (χ0) is 15.6. The summed E-state index contributed by atoms with van der Waals surface area (Å²) < 4.78 is 5.71. The van der Waals surface area contributed by atoms with Gasteiger partial charge in [-0.25, -0.2) is 0 Å². The number of thioether (sulfide) groups is 1. The van der Waals surface area contributed by atoms with Gasteiger partial charge in [-0.15, -0.1) is 0 Å². The average Bonchev–Trinajstić information content (AvgIpc) is 2.57. The Morgan fingerprint density at radius 1 is 1.32 bits per heavy atom. The summed E-state index contributed by atoms with van der Waals surface area (Å²) in [6.07, 6.45) is 5.63.